The van der Waals surface area contributed by atoms with Crippen molar-refractivity contribution < 1.29 is 4.79 Å². The molecule has 0 saturated heterocycles. The predicted octanol–water partition coefficient (Wildman–Crippen LogP) is 3.97. The Bertz CT molecular complexity index is 662. The van der Waals surface area contributed by atoms with Crippen molar-refractivity contribution in [3.63, 3.8) is 0 Å². The Hall–Kier alpha value is -1.75. The molecule has 2 aromatic rings. The van der Waals surface area contributed by atoms with Crippen LogP contribution in [0.4, 0.5) is 11.4 Å². The third-order valence-electron chi connectivity index (χ3n) is 3.71. The molecule has 2 aromatic carbocycles. The zero-order chi connectivity index (χ0) is 15.9. The van der Waals surface area contributed by atoms with Gasteiger partial charge >= 0.3 is 0 Å². The first kappa shape index (κ1) is 22.2. The van der Waals surface area contributed by atoms with Gasteiger partial charge < -0.3 is 16.4 Å². The third kappa shape index (κ3) is 5.71. The molecule has 0 fully saturated rings. The van der Waals surface area contributed by atoms with Gasteiger partial charge in [-0.25, -0.2) is 0 Å². The van der Waals surface area contributed by atoms with Gasteiger partial charge in [0.2, 0.25) is 0 Å². The average Bonchev–Trinajstić information content (AvgIpc) is 2.52. The van der Waals surface area contributed by atoms with Crippen LogP contribution in [0.5, 0.6) is 0 Å². The minimum atomic E-state index is -0.0816. The number of anilines is 2. The first-order chi connectivity index (χ1) is 10.6. The highest BCUT2D eigenvalue weighted by molar-refractivity contribution is 6.00. The van der Waals surface area contributed by atoms with Crippen LogP contribution in [0.2, 0.25) is 0 Å². The number of carbonyl (C=O) groups is 1. The molecule has 0 aliphatic rings. The largest absolute Gasteiger partial charge is 0.355 e. The van der Waals surface area contributed by atoms with E-state index in [1.165, 1.54) is 11.1 Å². The lowest BCUT2D eigenvalue weighted by Crippen LogP contribution is -2.26. The standard InChI is InChI=1S/C18H23N3O.2ClH/c1-13-7-5-10-16(14(13)2)21-17-9-4-3-8-15(17)18(22)20-12-6-11-19;;/h3-5,7-10,21H,6,11-12,19H2,1-2H3,(H,20,22);2*1H. The third-order valence-corrected chi connectivity index (χ3v) is 3.71. The van der Waals surface area contributed by atoms with Gasteiger partial charge in [0.15, 0.2) is 0 Å². The molecule has 4 N–H and O–H groups in total. The number of rotatable bonds is 6. The van der Waals surface area contributed by atoms with Crippen LogP contribution >= 0.6 is 24.8 Å². The van der Waals surface area contributed by atoms with E-state index in [0.29, 0.717) is 18.7 Å². The zero-order valence-corrected chi connectivity index (χ0v) is 15.6. The van der Waals surface area contributed by atoms with Gasteiger partial charge in [0.25, 0.3) is 5.91 Å². The molecule has 6 heteroatoms. The first-order valence-corrected chi connectivity index (χ1v) is 7.54. The molecule has 0 aromatic heterocycles. The molecule has 0 aliphatic carbocycles. The number of nitrogens with one attached hydrogen (secondary N) is 2. The fourth-order valence-corrected chi connectivity index (χ4v) is 2.22. The highest BCUT2D eigenvalue weighted by atomic mass is 35.5. The quantitative estimate of drug-likeness (QED) is 0.674. The molecule has 0 unspecified atom stereocenters. The highest BCUT2D eigenvalue weighted by Gasteiger charge is 2.11. The van der Waals surface area contributed by atoms with Gasteiger partial charge in [0, 0.05) is 12.2 Å². The Kier molecular flexibility index (Phi) is 10.1. The number of halogens is 2. The molecule has 0 saturated carbocycles. The number of carbonyl (C=O) groups excluding carboxylic acids is 1. The summed E-state index contributed by atoms with van der Waals surface area (Å²) in [5, 5.41) is 6.26. The second kappa shape index (κ2) is 10.9. The van der Waals surface area contributed by atoms with Gasteiger partial charge in [-0.2, -0.15) is 0 Å². The Morgan fingerprint density at radius 1 is 1.00 bits per heavy atom. The van der Waals surface area contributed by atoms with Crippen LogP contribution in [0.1, 0.15) is 27.9 Å². The molecule has 0 aliphatic heterocycles. The summed E-state index contributed by atoms with van der Waals surface area (Å²) in [7, 11) is 0. The van der Waals surface area contributed by atoms with Crippen molar-refractivity contribution in [3.8, 4) is 0 Å². The first-order valence-electron chi connectivity index (χ1n) is 7.54. The molecule has 2 rings (SSSR count). The van der Waals surface area contributed by atoms with Gasteiger partial charge in [-0.15, -0.1) is 24.8 Å². The van der Waals surface area contributed by atoms with E-state index in [0.717, 1.165) is 17.8 Å². The molecule has 0 spiro atoms. The van der Waals surface area contributed by atoms with E-state index in [1.54, 1.807) is 0 Å². The maximum Gasteiger partial charge on any atom is 0.253 e. The van der Waals surface area contributed by atoms with E-state index in [1.807, 2.05) is 36.4 Å². The Morgan fingerprint density at radius 3 is 2.38 bits per heavy atom. The molecule has 0 bridgehead atoms. The normalized spacial score (nSPS) is 9.46. The summed E-state index contributed by atoms with van der Waals surface area (Å²) in [6, 6.07) is 13.6. The molecule has 0 atom stereocenters. The number of aryl methyl sites for hydroxylation is 1. The van der Waals surface area contributed by atoms with Crippen LogP contribution in [-0.2, 0) is 0 Å². The molecule has 24 heavy (non-hydrogen) atoms. The van der Waals surface area contributed by atoms with Crippen molar-refractivity contribution in [1.29, 1.82) is 0 Å². The maximum atomic E-state index is 12.3. The fourth-order valence-electron chi connectivity index (χ4n) is 2.22. The fraction of sp³-hybridized carbons (Fsp3) is 0.278. The second-order valence-electron chi connectivity index (χ2n) is 5.32. The van der Waals surface area contributed by atoms with Crippen LogP contribution in [0, 0.1) is 13.8 Å². The molecular formula is C18H25Cl2N3O. The zero-order valence-electron chi connectivity index (χ0n) is 14.0. The minimum Gasteiger partial charge on any atom is -0.355 e. The summed E-state index contributed by atoms with van der Waals surface area (Å²) in [5.74, 6) is -0.0816. The van der Waals surface area contributed by atoms with Gasteiger partial charge in [-0.3, -0.25) is 4.79 Å². The van der Waals surface area contributed by atoms with E-state index in [9.17, 15) is 4.79 Å². The number of benzene rings is 2. The van der Waals surface area contributed by atoms with E-state index in [-0.39, 0.29) is 30.7 Å². The van der Waals surface area contributed by atoms with Gasteiger partial charge in [-0.05, 0) is 56.1 Å². The molecular weight excluding hydrogens is 345 g/mol. The SMILES string of the molecule is Cc1cccc(Nc2ccccc2C(=O)NCCCN)c1C.Cl.Cl. The van der Waals surface area contributed by atoms with Crippen LogP contribution in [0.15, 0.2) is 42.5 Å². The summed E-state index contributed by atoms with van der Waals surface area (Å²) in [4.78, 5) is 12.3. The smallest absolute Gasteiger partial charge is 0.253 e. The van der Waals surface area contributed by atoms with Crippen LogP contribution in [0.25, 0.3) is 0 Å². The second-order valence-corrected chi connectivity index (χ2v) is 5.32. The van der Waals surface area contributed by atoms with Crippen LogP contribution < -0.4 is 16.4 Å². The molecule has 4 nitrogen and oxygen atoms in total. The summed E-state index contributed by atoms with van der Waals surface area (Å²) in [5.41, 5.74) is 10.3. The maximum absolute atomic E-state index is 12.3. The summed E-state index contributed by atoms with van der Waals surface area (Å²) < 4.78 is 0. The minimum absolute atomic E-state index is 0. The van der Waals surface area contributed by atoms with E-state index < -0.39 is 0 Å². The summed E-state index contributed by atoms with van der Waals surface area (Å²) in [6.07, 6.45) is 0.776. The van der Waals surface area contributed by atoms with Crippen molar-refractivity contribution in [2.45, 2.75) is 20.3 Å². The molecule has 0 radical (unpaired) electrons. The lowest BCUT2D eigenvalue weighted by molar-refractivity contribution is 0.0954. The van der Waals surface area contributed by atoms with Gasteiger partial charge in [0.1, 0.15) is 0 Å². The van der Waals surface area contributed by atoms with Crippen molar-refractivity contribution in [3.05, 3.63) is 59.2 Å². The topological polar surface area (TPSA) is 67.2 Å². The van der Waals surface area contributed by atoms with Gasteiger partial charge in [0.05, 0.1) is 11.3 Å². The van der Waals surface area contributed by atoms with E-state index in [2.05, 4.69) is 30.5 Å². The lowest BCUT2D eigenvalue weighted by Gasteiger charge is -2.15. The summed E-state index contributed by atoms with van der Waals surface area (Å²) in [6.45, 7) is 5.31. The van der Waals surface area contributed by atoms with E-state index >= 15 is 0 Å². The number of nitrogens with two attached hydrogens (primary N) is 1. The van der Waals surface area contributed by atoms with Crippen LogP contribution in [-0.4, -0.2) is 19.0 Å². The van der Waals surface area contributed by atoms with Crippen LogP contribution in [0.3, 0.4) is 0 Å². The van der Waals surface area contributed by atoms with Crippen molar-refractivity contribution in [1.82, 2.24) is 5.32 Å². The summed E-state index contributed by atoms with van der Waals surface area (Å²) >= 11 is 0. The van der Waals surface area contributed by atoms with Crippen molar-refractivity contribution >= 4 is 42.1 Å². The number of para-hydroxylation sites is 1. The molecule has 0 heterocycles. The lowest BCUT2D eigenvalue weighted by atomic mass is 10.1. The number of amides is 1. The predicted molar refractivity (Wildman–Crippen MR) is 106 cm³/mol. The van der Waals surface area contributed by atoms with Gasteiger partial charge in [-0.1, -0.05) is 24.3 Å². The highest BCUT2D eigenvalue weighted by Crippen LogP contribution is 2.25. The molecule has 132 valence electrons. The monoisotopic (exact) mass is 369 g/mol. The Balaban J connectivity index is 0.00000264. The van der Waals surface area contributed by atoms with Crippen molar-refractivity contribution in [2.75, 3.05) is 18.4 Å². The number of hydrogen-bond acceptors (Lipinski definition) is 3. The average molecular weight is 370 g/mol. The Labute approximate surface area is 156 Å². The van der Waals surface area contributed by atoms with E-state index in [4.69, 9.17) is 5.73 Å². The molecule has 1 amide bonds. The Morgan fingerprint density at radius 2 is 1.67 bits per heavy atom. The number of hydrogen-bond donors (Lipinski definition) is 3. The van der Waals surface area contributed by atoms with Crippen molar-refractivity contribution in [2.24, 2.45) is 5.73 Å².